The molecule has 7 heteroatoms. The van der Waals surface area contributed by atoms with Crippen LogP contribution in [-0.4, -0.2) is 15.7 Å². The molecule has 18 heavy (non-hydrogen) atoms. The summed E-state index contributed by atoms with van der Waals surface area (Å²) in [6.45, 7) is -0.0195. The normalized spacial score (nSPS) is 10.3. The lowest BCUT2D eigenvalue weighted by Gasteiger charge is -2.04. The van der Waals surface area contributed by atoms with Crippen molar-refractivity contribution in [3.05, 3.63) is 41.3 Å². The predicted octanol–water partition coefficient (Wildman–Crippen LogP) is 1.90. The van der Waals surface area contributed by atoms with Crippen LogP contribution in [0.3, 0.4) is 0 Å². The number of rotatable bonds is 3. The molecule has 2 aromatic rings. The number of anilines is 2. The quantitative estimate of drug-likeness (QED) is 0.893. The van der Waals surface area contributed by atoms with Crippen molar-refractivity contribution in [1.82, 2.24) is 9.78 Å². The van der Waals surface area contributed by atoms with E-state index in [-0.39, 0.29) is 24.1 Å². The minimum Gasteiger partial charge on any atom is -0.381 e. The van der Waals surface area contributed by atoms with Crippen molar-refractivity contribution in [1.29, 1.82) is 0 Å². The van der Waals surface area contributed by atoms with Crippen LogP contribution in [-0.2, 0) is 11.3 Å². The number of amides is 1. The highest BCUT2D eigenvalue weighted by Gasteiger charge is 2.07. The summed E-state index contributed by atoms with van der Waals surface area (Å²) in [5.74, 6) is -0.494. The Morgan fingerprint density at radius 3 is 2.67 bits per heavy atom. The molecule has 0 radical (unpaired) electrons. The number of aromatic nitrogens is 2. The van der Waals surface area contributed by atoms with Crippen molar-refractivity contribution in [2.75, 3.05) is 11.1 Å². The van der Waals surface area contributed by atoms with E-state index in [1.807, 2.05) is 0 Å². The van der Waals surface area contributed by atoms with Gasteiger partial charge in [-0.25, -0.2) is 4.39 Å². The maximum Gasteiger partial charge on any atom is 0.246 e. The molecule has 1 heterocycles. The molecular weight excluding hydrogens is 259 g/mol. The molecule has 0 bridgehead atoms. The van der Waals surface area contributed by atoms with Gasteiger partial charge < -0.3 is 11.1 Å². The average Bonchev–Trinajstić information content (AvgIpc) is 2.61. The van der Waals surface area contributed by atoms with Gasteiger partial charge in [0.2, 0.25) is 5.91 Å². The Kier molecular flexibility index (Phi) is 3.47. The first-order valence-electron chi connectivity index (χ1n) is 5.08. The fourth-order valence-corrected chi connectivity index (χ4v) is 1.52. The topological polar surface area (TPSA) is 72.9 Å². The summed E-state index contributed by atoms with van der Waals surface area (Å²) in [7, 11) is 0. The molecule has 1 amide bonds. The highest BCUT2D eigenvalue weighted by atomic mass is 35.5. The van der Waals surface area contributed by atoms with Gasteiger partial charge in [0.25, 0.3) is 0 Å². The Morgan fingerprint density at radius 2 is 2.11 bits per heavy atom. The molecule has 5 nitrogen and oxygen atoms in total. The maximum absolute atomic E-state index is 12.7. The van der Waals surface area contributed by atoms with Gasteiger partial charge in [0.15, 0.2) is 5.82 Å². The zero-order valence-corrected chi connectivity index (χ0v) is 9.99. The van der Waals surface area contributed by atoms with Gasteiger partial charge in [0.1, 0.15) is 17.4 Å². The second kappa shape index (κ2) is 5.05. The van der Waals surface area contributed by atoms with E-state index in [1.165, 1.54) is 35.1 Å². The van der Waals surface area contributed by atoms with Crippen LogP contribution in [0, 0.1) is 5.82 Å². The molecule has 2 rings (SSSR count). The zero-order valence-electron chi connectivity index (χ0n) is 9.23. The third-order valence-corrected chi connectivity index (χ3v) is 2.47. The number of nitrogen functional groups attached to an aromatic ring is 1. The van der Waals surface area contributed by atoms with E-state index < -0.39 is 0 Å². The van der Waals surface area contributed by atoms with Crippen molar-refractivity contribution in [2.45, 2.75) is 6.54 Å². The number of nitrogens with one attached hydrogen (secondary N) is 1. The molecule has 1 aromatic heterocycles. The standard InChI is InChI=1S/C11H10ClFN4O/c12-9-5-17(16-11(9)14)6-10(18)15-8-3-1-7(13)2-4-8/h1-5H,6H2,(H2,14,16)(H,15,18). The first-order valence-corrected chi connectivity index (χ1v) is 5.46. The Balaban J connectivity index is 1.98. The lowest BCUT2D eigenvalue weighted by atomic mass is 10.3. The molecule has 0 aliphatic rings. The average molecular weight is 269 g/mol. The number of nitrogens with two attached hydrogens (primary N) is 1. The maximum atomic E-state index is 12.7. The van der Waals surface area contributed by atoms with E-state index in [0.29, 0.717) is 10.7 Å². The highest BCUT2D eigenvalue weighted by molar-refractivity contribution is 6.32. The van der Waals surface area contributed by atoms with E-state index in [9.17, 15) is 9.18 Å². The van der Waals surface area contributed by atoms with Gasteiger partial charge in [-0.3, -0.25) is 9.48 Å². The largest absolute Gasteiger partial charge is 0.381 e. The Labute approximate surface area is 107 Å². The predicted molar refractivity (Wildman–Crippen MR) is 66.7 cm³/mol. The van der Waals surface area contributed by atoms with Crippen LogP contribution in [0.15, 0.2) is 30.5 Å². The summed E-state index contributed by atoms with van der Waals surface area (Å²) in [6, 6.07) is 5.46. The molecule has 0 unspecified atom stereocenters. The van der Waals surface area contributed by atoms with Crippen LogP contribution in [0.2, 0.25) is 5.02 Å². The molecule has 94 valence electrons. The van der Waals surface area contributed by atoms with Crippen LogP contribution in [0.25, 0.3) is 0 Å². The summed E-state index contributed by atoms with van der Waals surface area (Å²) in [6.07, 6.45) is 1.46. The lowest BCUT2D eigenvalue weighted by Crippen LogP contribution is -2.19. The summed E-state index contributed by atoms with van der Waals surface area (Å²) in [4.78, 5) is 11.6. The molecule has 0 saturated carbocycles. The third-order valence-electron chi connectivity index (χ3n) is 2.18. The van der Waals surface area contributed by atoms with Crippen molar-refractivity contribution in [3.8, 4) is 0 Å². The fraction of sp³-hybridized carbons (Fsp3) is 0.0909. The van der Waals surface area contributed by atoms with Crippen LogP contribution in [0.4, 0.5) is 15.9 Å². The molecule has 0 atom stereocenters. The van der Waals surface area contributed by atoms with Gasteiger partial charge in [-0.2, -0.15) is 5.10 Å². The summed E-state index contributed by atoms with van der Waals surface area (Å²) < 4.78 is 14.0. The lowest BCUT2D eigenvalue weighted by molar-refractivity contribution is -0.116. The number of halogens is 2. The second-order valence-electron chi connectivity index (χ2n) is 3.61. The number of nitrogens with zero attached hydrogens (tertiary/aromatic N) is 2. The Hall–Kier alpha value is -2.08. The van der Waals surface area contributed by atoms with E-state index in [1.54, 1.807) is 0 Å². The van der Waals surface area contributed by atoms with Gasteiger partial charge in [-0.05, 0) is 24.3 Å². The molecule has 0 aliphatic carbocycles. The van der Waals surface area contributed by atoms with Gasteiger partial charge in [0.05, 0.1) is 0 Å². The number of hydrogen-bond acceptors (Lipinski definition) is 3. The minimum atomic E-state index is -0.361. The zero-order chi connectivity index (χ0) is 13.1. The van der Waals surface area contributed by atoms with E-state index in [0.717, 1.165) is 0 Å². The summed E-state index contributed by atoms with van der Waals surface area (Å²) >= 11 is 5.71. The van der Waals surface area contributed by atoms with E-state index >= 15 is 0 Å². The number of benzene rings is 1. The number of carbonyl (C=O) groups excluding carboxylic acids is 1. The smallest absolute Gasteiger partial charge is 0.246 e. The van der Waals surface area contributed by atoms with Gasteiger partial charge in [-0.15, -0.1) is 0 Å². The molecule has 0 saturated heterocycles. The molecular formula is C11H10ClFN4O. The third kappa shape index (κ3) is 2.98. The first kappa shape index (κ1) is 12.4. The minimum absolute atomic E-state index is 0.0195. The van der Waals surface area contributed by atoms with Gasteiger partial charge >= 0.3 is 0 Å². The molecule has 0 spiro atoms. The fourth-order valence-electron chi connectivity index (χ4n) is 1.37. The van der Waals surface area contributed by atoms with E-state index in [2.05, 4.69) is 10.4 Å². The van der Waals surface area contributed by atoms with Crippen molar-refractivity contribution in [3.63, 3.8) is 0 Å². The SMILES string of the molecule is Nc1nn(CC(=O)Nc2ccc(F)cc2)cc1Cl. The molecule has 0 fully saturated rings. The van der Waals surface area contributed by atoms with Crippen molar-refractivity contribution >= 4 is 29.0 Å². The number of hydrogen-bond donors (Lipinski definition) is 2. The molecule has 3 N–H and O–H groups in total. The van der Waals surface area contributed by atoms with Gasteiger partial charge in [0, 0.05) is 11.9 Å². The summed E-state index contributed by atoms with van der Waals surface area (Å²) in [5.41, 5.74) is 5.96. The van der Waals surface area contributed by atoms with Crippen LogP contribution < -0.4 is 11.1 Å². The van der Waals surface area contributed by atoms with Gasteiger partial charge in [-0.1, -0.05) is 11.6 Å². The van der Waals surface area contributed by atoms with Crippen LogP contribution in [0.5, 0.6) is 0 Å². The van der Waals surface area contributed by atoms with E-state index in [4.69, 9.17) is 17.3 Å². The highest BCUT2D eigenvalue weighted by Crippen LogP contribution is 2.15. The van der Waals surface area contributed by atoms with Crippen LogP contribution in [0.1, 0.15) is 0 Å². The monoisotopic (exact) mass is 268 g/mol. The summed E-state index contributed by atoms with van der Waals surface area (Å²) in [5, 5.41) is 6.74. The Bertz CT molecular complexity index is 547. The molecule has 1 aromatic carbocycles. The second-order valence-corrected chi connectivity index (χ2v) is 4.02. The number of carbonyl (C=O) groups is 1. The van der Waals surface area contributed by atoms with Crippen LogP contribution >= 0.6 is 11.6 Å². The Morgan fingerprint density at radius 1 is 1.44 bits per heavy atom. The molecule has 0 aliphatic heterocycles. The van der Waals surface area contributed by atoms with Crippen molar-refractivity contribution in [2.24, 2.45) is 0 Å². The van der Waals surface area contributed by atoms with Crippen molar-refractivity contribution < 1.29 is 9.18 Å². The first-order chi connectivity index (χ1) is 8.54.